The van der Waals surface area contributed by atoms with Crippen molar-refractivity contribution in [1.29, 1.82) is 0 Å². The molecule has 0 aliphatic rings. The van der Waals surface area contributed by atoms with Crippen LogP contribution >= 0.6 is 0 Å². The van der Waals surface area contributed by atoms with E-state index in [-0.39, 0.29) is 5.75 Å². The highest BCUT2D eigenvalue weighted by Crippen LogP contribution is 2.28. The second-order valence-electron chi connectivity index (χ2n) is 3.74. The predicted octanol–water partition coefficient (Wildman–Crippen LogP) is 0.948. The van der Waals surface area contributed by atoms with E-state index in [1.807, 2.05) is 0 Å². The summed E-state index contributed by atoms with van der Waals surface area (Å²) in [6.45, 7) is 0.277. The van der Waals surface area contributed by atoms with Crippen LogP contribution in [0.5, 0.6) is 5.75 Å². The number of carboxylic acids is 1. The van der Waals surface area contributed by atoms with Gasteiger partial charge in [0.25, 0.3) is 0 Å². The standard InChI is InChI=1S/C10H10FNO6/c1-10(15,9(13)14)5-18-8-3-2-6(11)4-7(8)12(16)17/h2-4,15H,5H2,1H3,(H,13,14). The van der Waals surface area contributed by atoms with Crippen molar-refractivity contribution in [3.63, 3.8) is 0 Å². The molecule has 98 valence electrons. The van der Waals surface area contributed by atoms with Gasteiger partial charge in [0.2, 0.25) is 0 Å². The van der Waals surface area contributed by atoms with Gasteiger partial charge in [-0.15, -0.1) is 0 Å². The van der Waals surface area contributed by atoms with Crippen molar-refractivity contribution in [3.05, 3.63) is 34.1 Å². The van der Waals surface area contributed by atoms with Crippen LogP contribution in [-0.2, 0) is 4.79 Å². The topological polar surface area (TPSA) is 110 Å². The molecule has 1 rings (SSSR count). The zero-order chi connectivity index (χ0) is 13.9. The molecule has 0 bridgehead atoms. The Balaban J connectivity index is 2.92. The molecular weight excluding hydrogens is 249 g/mol. The lowest BCUT2D eigenvalue weighted by Crippen LogP contribution is -2.41. The molecule has 18 heavy (non-hydrogen) atoms. The number of rotatable bonds is 5. The second-order valence-corrected chi connectivity index (χ2v) is 3.74. The van der Waals surface area contributed by atoms with Crippen LogP contribution in [0, 0.1) is 15.9 Å². The van der Waals surface area contributed by atoms with Crippen molar-refractivity contribution >= 4 is 11.7 Å². The average Bonchev–Trinajstić information content (AvgIpc) is 2.27. The van der Waals surface area contributed by atoms with E-state index in [1.54, 1.807) is 0 Å². The van der Waals surface area contributed by atoms with E-state index < -0.39 is 34.6 Å². The Kier molecular flexibility index (Phi) is 3.82. The zero-order valence-electron chi connectivity index (χ0n) is 9.29. The van der Waals surface area contributed by atoms with Crippen LogP contribution in [0.15, 0.2) is 18.2 Å². The van der Waals surface area contributed by atoms with E-state index in [4.69, 9.17) is 9.84 Å². The molecule has 0 amide bonds. The SMILES string of the molecule is CC(O)(COc1ccc(F)cc1[N+](=O)[O-])C(=O)O. The van der Waals surface area contributed by atoms with E-state index in [2.05, 4.69) is 0 Å². The molecule has 0 saturated heterocycles. The summed E-state index contributed by atoms with van der Waals surface area (Å²) in [5.41, 5.74) is -2.83. The summed E-state index contributed by atoms with van der Waals surface area (Å²) >= 11 is 0. The molecule has 0 aromatic heterocycles. The Labute approximate surface area is 101 Å². The number of hydrogen-bond acceptors (Lipinski definition) is 5. The molecule has 1 unspecified atom stereocenters. The van der Waals surface area contributed by atoms with Gasteiger partial charge in [-0.1, -0.05) is 0 Å². The molecule has 0 aliphatic carbocycles. The van der Waals surface area contributed by atoms with Crippen molar-refractivity contribution in [1.82, 2.24) is 0 Å². The van der Waals surface area contributed by atoms with E-state index >= 15 is 0 Å². The van der Waals surface area contributed by atoms with Gasteiger partial charge in [0, 0.05) is 0 Å². The molecule has 0 heterocycles. The summed E-state index contributed by atoms with van der Waals surface area (Å²) in [6.07, 6.45) is 0. The fourth-order valence-electron chi connectivity index (χ4n) is 1.04. The van der Waals surface area contributed by atoms with Crippen molar-refractivity contribution < 1.29 is 29.1 Å². The lowest BCUT2D eigenvalue weighted by Gasteiger charge is -2.18. The van der Waals surface area contributed by atoms with Gasteiger partial charge in [-0.2, -0.15) is 0 Å². The van der Waals surface area contributed by atoms with Gasteiger partial charge in [-0.3, -0.25) is 10.1 Å². The maximum Gasteiger partial charge on any atom is 0.339 e. The largest absolute Gasteiger partial charge is 0.483 e. The Morgan fingerprint density at radius 2 is 2.22 bits per heavy atom. The average molecular weight is 259 g/mol. The summed E-state index contributed by atoms with van der Waals surface area (Å²) in [4.78, 5) is 20.3. The predicted molar refractivity (Wildman–Crippen MR) is 56.8 cm³/mol. The summed E-state index contributed by atoms with van der Waals surface area (Å²) in [5.74, 6) is -2.67. The first kappa shape index (κ1) is 13.8. The quantitative estimate of drug-likeness (QED) is 0.601. The molecular formula is C10H10FNO6. The molecule has 0 aliphatic heterocycles. The number of carbonyl (C=O) groups is 1. The van der Waals surface area contributed by atoms with E-state index in [0.29, 0.717) is 6.07 Å². The second kappa shape index (κ2) is 4.96. The molecule has 1 aromatic rings. The van der Waals surface area contributed by atoms with E-state index in [9.17, 15) is 24.4 Å². The number of halogens is 1. The number of hydrogen-bond donors (Lipinski definition) is 2. The molecule has 1 aromatic carbocycles. The van der Waals surface area contributed by atoms with Gasteiger partial charge in [0.1, 0.15) is 12.4 Å². The number of benzene rings is 1. The third-order valence-corrected chi connectivity index (χ3v) is 2.09. The van der Waals surface area contributed by atoms with Crippen molar-refractivity contribution in [2.24, 2.45) is 0 Å². The minimum Gasteiger partial charge on any atom is -0.483 e. The fourth-order valence-corrected chi connectivity index (χ4v) is 1.04. The minimum atomic E-state index is -2.19. The fraction of sp³-hybridized carbons (Fsp3) is 0.300. The Bertz CT molecular complexity index is 487. The van der Waals surface area contributed by atoms with Gasteiger partial charge in [-0.05, 0) is 19.1 Å². The summed E-state index contributed by atoms with van der Waals surface area (Å²) in [5, 5.41) is 28.6. The summed E-state index contributed by atoms with van der Waals surface area (Å²) in [6, 6.07) is 2.56. The number of carboxylic acid groups (broad SMARTS) is 1. The van der Waals surface area contributed by atoms with Crippen molar-refractivity contribution in [2.75, 3.05) is 6.61 Å². The third-order valence-electron chi connectivity index (χ3n) is 2.09. The van der Waals surface area contributed by atoms with Crippen LogP contribution in [0.25, 0.3) is 0 Å². The van der Waals surface area contributed by atoms with Gasteiger partial charge in [-0.25, -0.2) is 9.18 Å². The van der Waals surface area contributed by atoms with E-state index in [0.717, 1.165) is 19.1 Å². The van der Waals surface area contributed by atoms with Crippen LogP contribution < -0.4 is 4.74 Å². The molecule has 0 spiro atoms. The van der Waals surface area contributed by atoms with Crippen LogP contribution in [0.1, 0.15) is 6.92 Å². The maximum absolute atomic E-state index is 12.8. The van der Waals surface area contributed by atoms with Gasteiger partial charge in [0.05, 0.1) is 11.0 Å². The van der Waals surface area contributed by atoms with Gasteiger partial charge in [0.15, 0.2) is 11.4 Å². The van der Waals surface area contributed by atoms with Crippen LogP contribution in [-0.4, -0.2) is 33.3 Å². The molecule has 8 heteroatoms. The molecule has 1 atom stereocenters. The van der Waals surface area contributed by atoms with E-state index in [1.165, 1.54) is 0 Å². The molecule has 0 fully saturated rings. The van der Waals surface area contributed by atoms with Gasteiger partial charge >= 0.3 is 11.7 Å². The number of aliphatic hydroxyl groups is 1. The lowest BCUT2D eigenvalue weighted by molar-refractivity contribution is -0.386. The van der Waals surface area contributed by atoms with Crippen molar-refractivity contribution in [2.45, 2.75) is 12.5 Å². The third kappa shape index (κ3) is 3.14. The first-order chi connectivity index (χ1) is 8.24. The van der Waals surface area contributed by atoms with Crippen LogP contribution in [0.4, 0.5) is 10.1 Å². The van der Waals surface area contributed by atoms with Gasteiger partial charge < -0.3 is 14.9 Å². The van der Waals surface area contributed by atoms with Crippen LogP contribution in [0.3, 0.4) is 0 Å². The molecule has 2 N–H and O–H groups in total. The zero-order valence-corrected chi connectivity index (χ0v) is 9.29. The van der Waals surface area contributed by atoms with Crippen molar-refractivity contribution in [3.8, 4) is 5.75 Å². The first-order valence-electron chi connectivity index (χ1n) is 4.76. The Morgan fingerprint density at radius 3 is 2.72 bits per heavy atom. The minimum absolute atomic E-state index is 0.317. The maximum atomic E-state index is 12.8. The number of nitro groups is 1. The summed E-state index contributed by atoms with van der Waals surface area (Å²) < 4.78 is 17.6. The molecule has 0 saturated carbocycles. The number of ether oxygens (including phenoxy) is 1. The van der Waals surface area contributed by atoms with Crippen LogP contribution in [0.2, 0.25) is 0 Å². The molecule has 7 nitrogen and oxygen atoms in total. The smallest absolute Gasteiger partial charge is 0.339 e. The highest BCUT2D eigenvalue weighted by atomic mass is 19.1. The normalized spacial score (nSPS) is 13.7. The number of aliphatic carboxylic acids is 1. The number of nitro benzene ring substituents is 1. The number of nitrogens with zero attached hydrogens (tertiary/aromatic N) is 1. The Morgan fingerprint density at radius 1 is 1.61 bits per heavy atom. The first-order valence-corrected chi connectivity index (χ1v) is 4.76. The Hall–Kier alpha value is -2.22. The highest BCUT2D eigenvalue weighted by molar-refractivity contribution is 5.76. The monoisotopic (exact) mass is 259 g/mol. The summed E-state index contributed by atoms with van der Waals surface area (Å²) in [7, 11) is 0. The highest BCUT2D eigenvalue weighted by Gasteiger charge is 2.32. The lowest BCUT2D eigenvalue weighted by atomic mass is 10.1. The molecule has 0 radical (unpaired) electrons.